The van der Waals surface area contributed by atoms with Crippen LogP contribution in [0.15, 0.2) is 30.3 Å². The van der Waals surface area contributed by atoms with Crippen LogP contribution in [-0.4, -0.2) is 18.1 Å². The summed E-state index contributed by atoms with van der Waals surface area (Å²) in [6.45, 7) is 0. The summed E-state index contributed by atoms with van der Waals surface area (Å²) in [6.07, 6.45) is 1.45. The molecule has 0 N–H and O–H groups in total. The van der Waals surface area contributed by atoms with E-state index in [1.54, 1.807) is 7.11 Å². The molecule has 0 bridgehead atoms. The Hall–Kier alpha value is -0.470. The van der Waals surface area contributed by atoms with Crippen LogP contribution in [0.1, 0.15) is 18.1 Å². The van der Waals surface area contributed by atoms with Crippen LogP contribution in [-0.2, 0) is 4.74 Å². The van der Waals surface area contributed by atoms with E-state index in [0.29, 0.717) is 6.10 Å². The van der Waals surface area contributed by atoms with E-state index >= 15 is 0 Å². The molecule has 0 aromatic heterocycles. The Balaban J connectivity index is 2.02. The Kier molecular flexibility index (Phi) is 2.91. The molecular formula is C11H14OS. The third kappa shape index (κ3) is 2.48. The molecule has 0 amide bonds. The molecule has 1 aliphatic heterocycles. The normalized spacial score (nSPS) is 22.7. The third-order valence-corrected chi connectivity index (χ3v) is 3.33. The van der Waals surface area contributed by atoms with Crippen molar-refractivity contribution in [2.45, 2.75) is 17.8 Å². The van der Waals surface area contributed by atoms with E-state index in [0.717, 1.165) is 11.7 Å². The molecule has 2 rings (SSSR count). The number of rotatable bonds is 4. The fraction of sp³-hybridized carbons (Fsp3) is 0.455. The molecule has 1 aromatic carbocycles. The van der Waals surface area contributed by atoms with Gasteiger partial charge in [0.05, 0.1) is 6.10 Å². The first-order valence-electron chi connectivity index (χ1n) is 4.59. The monoisotopic (exact) mass is 194 g/mol. The number of benzene rings is 1. The third-order valence-electron chi connectivity index (χ3n) is 2.34. The summed E-state index contributed by atoms with van der Waals surface area (Å²) >= 11 is 2.03. The molecule has 1 aliphatic rings. The van der Waals surface area contributed by atoms with Crippen LogP contribution < -0.4 is 0 Å². The van der Waals surface area contributed by atoms with Crippen LogP contribution in [0.5, 0.6) is 0 Å². The second-order valence-electron chi connectivity index (χ2n) is 3.33. The highest BCUT2D eigenvalue weighted by Crippen LogP contribution is 2.38. The summed E-state index contributed by atoms with van der Waals surface area (Å²) in [6, 6.07) is 10.5. The zero-order chi connectivity index (χ0) is 9.10. The van der Waals surface area contributed by atoms with Crippen LogP contribution in [0.2, 0.25) is 0 Å². The molecule has 2 unspecified atom stereocenters. The van der Waals surface area contributed by atoms with Crippen molar-refractivity contribution in [2.75, 3.05) is 12.9 Å². The Morgan fingerprint density at radius 1 is 1.46 bits per heavy atom. The summed E-state index contributed by atoms with van der Waals surface area (Å²) < 4.78 is 5.47. The molecular weight excluding hydrogens is 180 g/mol. The Morgan fingerprint density at radius 2 is 2.15 bits per heavy atom. The van der Waals surface area contributed by atoms with Crippen LogP contribution in [0.3, 0.4) is 0 Å². The van der Waals surface area contributed by atoms with Crippen molar-refractivity contribution < 1.29 is 4.74 Å². The predicted octanol–water partition coefficient (Wildman–Crippen LogP) is 2.88. The van der Waals surface area contributed by atoms with Gasteiger partial charge in [-0.3, -0.25) is 0 Å². The van der Waals surface area contributed by atoms with Gasteiger partial charge >= 0.3 is 0 Å². The molecule has 0 radical (unpaired) electrons. The van der Waals surface area contributed by atoms with E-state index in [2.05, 4.69) is 24.3 Å². The van der Waals surface area contributed by atoms with E-state index < -0.39 is 0 Å². The van der Waals surface area contributed by atoms with E-state index in [4.69, 9.17) is 4.74 Å². The number of methoxy groups -OCH3 is 1. The topological polar surface area (TPSA) is 9.23 Å². The molecule has 13 heavy (non-hydrogen) atoms. The minimum atomic E-state index is 0.293. The lowest BCUT2D eigenvalue weighted by molar-refractivity contribution is 0.0979. The second-order valence-corrected chi connectivity index (χ2v) is 4.66. The maximum Gasteiger partial charge on any atom is 0.0832 e. The Labute approximate surface area is 83.5 Å². The van der Waals surface area contributed by atoms with Crippen LogP contribution in [0.25, 0.3) is 0 Å². The van der Waals surface area contributed by atoms with Crippen molar-refractivity contribution in [3.63, 3.8) is 0 Å². The van der Waals surface area contributed by atoms with E-state index in [-0.39, 0.29) is 0 Å². The summed E-state index contributed by atoms with van der Waals surface area (Å²) in [5.74, 6) is 1.31. The summed E-state index contributed by atoms with van der Waals surface area (Å²) in [4.78, 5) is 0. The molecule has 1 fully saturated rings. The van der Waals surface area contributed by atoms with Crippen LogP contribution in [0.4, 0.5) is 0 Å². The standard InChI is InChI=1S/C11H14OS/c1-12-11(7-10-8-13-10)9-5-3-2-4-6-9/h2-6,10-11H,7-8H2,1H3. The smallest absolute Gasteiger partial charge is 0.0832 e. The first kappa shape index (κ1) is 9.10. The van der Waals surface area contributed by atoms with Gasteiger partial charge in [-0.25, -0.2) is 0 Å². The molecule has 0 aliphatic carbocycles. The first-order valence-corrected chi connectivity index (χ1v) is 5.64. The Bertz CT molecular complexity index is 256. The van der Waals surface area contributed by atoms with Gasteiger partial charge in [-0.2, -0.15) is 11.8 Å². The zero-order valence-corrected chi connectivity index (χ0v) is 8.59. The average molecular weight is 194 g/mol. The van der Waals surface area contributed by atoms with Gasteiger partial charge in [0, 0.05) is 18.1 Å². The van der Waals surface area contributed by atoms with E-state index in [1.165, 1.54) is 11.3 Å². The lowest BCUT2D eigenvalue weighted by Crippen LogP contribution is -2.03. The zero-order valence-electron chi connectivity index (χ0n) is 7.77. The van der Waals surface area contributed by atoms with Crippen LogP contribution >= 0.6 is 11.8 Å². The molecule has 0 spiro atoms. The first-order chi connectivity index (χ1) is 6.40. The fourth-order valence-corrected chi connectivity index (χ4v) is 2.06. The van der Waals surface area contributed by atoms with Gasteiger partial charge in [0.2, 0.25) is 0 Å². The van der Waals surface area contributed by atoms with Gasteiger partial charge in [-0.1, -0.05) is 30.3 Å². The van der Waals surface area contributed by atoms with Gasteiger partial charge in [-0.05, 0) is 12.0 Å². The molecule has 2 heteroatoms. The maximum atomic E-state index is 5.47. The quantitative estimate of drug-likeness (QED) is 0.682. The van der Waals surface area contributed by atoms with Gasteiger partial charge in [0.25, 0.3) is 0 Å². The van der Waals surface area contributed by atoms with Crippen molar-refractivity contribution in [3.05, 3.63) is 35.9 Å². The summed E-state index contributed by atoms with van der Waals surface area (Å²) in [5, 5.41) is 0.838. The molecule has 1 saturated heterocycles. The van der Waals surface area contributed by atoms with Crippen molar-refractivity contribution >= 4 is 11.8 Å². The molecule has 2 atom stereocenters. The van der Waals surface area contributed by atoms with Gasteiger partial charge in [-0.15, -0.1) is 0 Å². The highest BCUT2D eigenvalue weighted by Gasteiger charge is 2.26. The van der Waals surface area contributed by atoms with Gasteiger partial charge < -0.3 is 4.74 Å². The van der Waals surface area contributed by atoms with Gasteiger partial charge in [0.1, 0.15) is 0 Å². The minimum Gasteiger partial charge on any atom is -0.377 e. The van der Waals surface area contributed by atoms with Crippen LogP contribution in [0, 0.1) is 0 Å². The highest BCUT2D eigenvalue weighted by molar-refractivity contribution is 8.06. The lowest BCUT2D eigenvalue weighted by Gasteiger charge is -2.14. The summed E-state index contributed by atoms with van der Waals surface area (Å²) in [5.41, 5.74) is 1.30. The number of ether oxygens (including phenoxy) is 1. The summed E-state index contributed by atoms with van der Waals surface area (Å²) in [7, 11) is 1.80. The fourth-order valence-electron chi connectivity index (χ4n) is 1.48. The van der Waals surface area contributed by atoms with E-state index in [9.17, 15) is 0 Å². The Morgan fingerprint density at radius 3 is 2.69 bits per heavy atom. The molecule has 70 valence electrons. The minimum absolute atomic E-state index is 0.293. The number of thioether (sulfide) groups is 1. The van der Waals surface area contributed by atoms with Crippen molar-refractivity contribution in [1.82, 2.24) is 0 Å². The van der Waals surface area contributed by atoms with Gasteiger partial charge in [0.15, 0.2) is 0 Å². The molecule has 1 nitrogen and oxygen atoms in total. The SMILES string of the molecule is COC(CC1CS1)c1ccccc1. The second kappa shape index (κ2) is 4.16. The molecule has 1 heterocycles. The maximum absolute atomic E-state index is 5.47. The highest BCUT2D eigenvalue weighted by atomic mass is 32.2. The number of hydrogen-bond donors (Lipinski definition) is 0. The van der Waals surface area contributed by atoms with Crippen molar-refractivity contribution in [2.24, 2.45) is 0 Å². The largest absolute Gasteiger partial charge is 0.377 e. The molecule has 0 saturated carbocycles. The molecule has 1 aromatic rings. The number of hydrogen-bond acceptors (Lipinski definition) is 2. The van der Waals surface area contributed by atoms with Crippen molar-refractivity contribution in [3.8, 4) is 0 Å². The van der Waals surface area contributed by atoms with E-state index in [1.807, 2.05) is 17.8 Å². The van der Waals surface area contributed by atoms with Crippen molar-refractivity contribution in [1.29, 1.82) is 0 Å². The lowest BCUT2D eigenvalue weighted by atomic mass is 10.1. The average Bonchev–Trinajstić information content (AvgIpc) is 2.99. The predicted molar refractivity (Wildman–Crippen MR) is 57.1 cm³/mol.